The molecule has 3 aromatic heterocycles. The molecule has 4 rings (SSSR count). The molecule has 3 heterocycles. The Kier molecular flexibility index (Phi) is 4.38. The van der Waals surface area contributed by atoms with E-state index in [1.165, 1.54) is 6.33 Å². The first kappa shape index (κ1) is 17.8. The number of rotatable bonds is 4. The minimum Gasteiger partial charge on any atom is -0.308 e. The van der Waals surface area contributed by atoms with Crippen LogP contribution in [-0.2, 0) is 11.3 Å². The van der Waals surface area contributed by atoms with Crippen molar-refractivity contribution >= 4 is 22.9 Å². The van der Waals surface area contributed by atoms with Crippen LogP contribution in [0.15, 0.2) is 55.1 Å². The Balaban J connectivity index is 1.85. The van der Waals surface area contributed by atoms with Crippen LogP contribution in [0.1, 0.15) is 26.3 Å². The van der Waals surface area contributed by atoms with Gasteiger partial charge in [0, 0.05) is 17.8 Å². The van der Waals surface area contributed by atoms with E-state index < -0.39 is 5.41 Å². The first-order valence-corrected chi connectivity index (χ1v) is 9.00. The first-order valence-electron chi connectivity index (χ1n) is 9.00. The largest absolute Gasteiger partial charge is 0.308 e. The molecule has 0 saturated heterocycles. The molecule has 0 radical (unpaired) electrons. The zero-order chi connectivity index (χ0) is 19.7. The van der Waals surface area contributed by atoms with Crippen molar-refractivity contribution in [2.24, 2.45) is 5.41 Å². The Morgan fingerprint density at radius 1 is 1.11 bits per heavy atom. The zero-order valence-electron chi connectivity index (χ0n) is 16.0. The highest BCUT2D eigenvalue weighted by atomic mass is 16.2. The van der Waals surface area contributed by atoms with Crippen molar-refractivity contribution in [1.82, 2.24) is 29.3 Å². The second-order valence-electron chi connectivity index (χ2n) is 7.53. The predicted molar refractivity (Wildman–Crippen MR) is 106 cm³/mol. The second-order valence-corrected chi connectivity index (χ2v) is 7.53. The molecular formula is C20H21N7O. The van der Waals surface area contributed by atoms with Gasteiger partial charge in [0.2, 0.25) is 11.9 Å². The van der Waals surface area contributed by atoms with Gasteiger partial charge in [0.25, 0.3) is 0 Å². The van der Waals surface area contributed by atoms with Crippen molar-refractivity contribution in [2.45, 2.75) is 27.3 Å². The van der Waals surface area contributed by atoms with Crippen LogP contribution >= 0.6 is 0 Å². The molecule has 0 atom stereocenters. The predicted octanol–water partition coefficient (Wildman–Crippen LogP) is 3.04. The van der Waals surface area contributed by atoms with Crippen LogP contribution < -0.4 is 5.32 Å². The van der Waals surface area contributed by atoms with Crippen LogP contribution in [-0.4, -0.2) is 35.2 Å². The van der Waals surface area contributed by atoms with Gasteiger partial charge in [-0.15, -0.1) is 0 Å². The van der Waals surface area contributed by atoms with Gasteiger partial charge in [0.1, 0.15) is 6.33 Å². The van der Waals surface area contributed by atoms with Crippen LogP contribution in [0.4, 0.5) is 5.82 Å². The van der Waals surface area contributed by atoms with Gasteiger partial charge < -0.3 is 5.32 Å². The molecule has 0 fully saturated rings. The number of carbonyl (C=O) groups is 1. The van der Waals surface area contributed by atoms with Crippen molar-refractivity contribution in [3.63, 3.8) is 0 Å². The van der Waals surface area contributed by atoms with Crippen molar-refractivity contribution in [3.8, 4) is 5.95 Å². The lowest BCUT2D eigenvalue weighted by molar-refractivity contribution is -0.123. The van der Waals surface area contributed by atoms with Crippen molar-refractivity contribution in [3.05, 3.63) is 60.7 Å². The highest BCUT2D eigenvalue weighted by Gasteiger charge is 2.24. The molecule has 0 unspecified atom stereocenters. The van der Waals surface area contributed by atoms with E-state index in [9.17, 15) is 4.79 Å². The molecule has 0 aliphatic carbocycles. The van der Waals surface area contributed by atoms with Crippen molar-refractivity contribution in [2.75, 3.05) is 5.32 Å². The number of imidazole rings is 1. The van der Waals surface area contributed by atoms with E-state index in [2.05, 4.69) is 20.4 Å². The minimum atomic E-state index is -0.547. The molecule has 8 nitrogen and oxygen atoms in total. The molecule has 1 N–H and O–H groups in total. The molecule has 8 heteroatoms. The van der Waals surface area contributed by atoms with E-state index in [1.54, 1.807) is 10.9 Å². The van der Waals surface area contributed by atoms with Crippen molar-refractivity contribution < 1.29 is 4.79 Å². The summed E-state index contributed by atoms with van der Waals surface area (Å²) in [6.45, 7) is 6.12. The quantitative estimate of drug-likeness (QED) is 0.592. The van der Waals surface area contributed by atoms with Crippen LogP contribution in [0.5, 0.6) is 0 Å². The normalized spacial score (nSPS) is 11.7. The number of benzene rings is 1. The molecule has 0 spiro atoms. The average molecular weight is 375 g/mol. The lowest BCUT2D eigenvalue weighted by Crippen LogP contribution is -2.28. The fraction of sp³-hybridized carbons (Fsp3) is 0.250. The summed E-state index contributed by atoms with van der Waals surface area (Å²) in [4.78, 5) is 25.9. The standard InChI is InChI=1S/C20H21N7O/c1-20(2,3)18(28)25-16-15-17(22-13-21-16)26(12-14-8-5-4-6-9-14)19(24-15)27-11-7-10-23-27/h4-11,13H,12H2,1-3H3,(H,21,22,25,28). The summed E-state index contributed by atoms with van der Waals surface area (Å²) in [6.07, 6.45) is 4.96. The molecule has 0 aliphatic heterocycles. The lowest BCUT2D eigenvalue weighted by atomic mass is 9.96. The van der Waals surface area contributed by atoms with Gasteiger partial charge in [0.15, 0.2) is 17.0 Å². The molecule has 0 bridgehead atoms. The average Bonchev–Trinajstić information content (AvgIpc) is 3.31. The lowest BCUT2D eigenvalue weighted by Gasteiger charge is -2.17. The molecule has 28 heavy (non-hydrogen) atoms. The summed E-state index contributed by atoms with van der Waals surface area (Å²) < 4.78 is 3.64. The molecule has 142 valence electrons. The van der Waals surface area contributed by atoms with E-state index >= 15 is 0 Å². The summed E-state index contributed by atoms with van der Waals surface area (Å²) in [5.74, 6) is 0.867. The molecule has 1 amide bonds. The number of anilines is 1. The number of nitrogens with one attached hydrogen (secondary N) is 1. The van der Waals surface area contributed by atoms with E-state index in [1.807, 2.05) is 67.9 Å². The highest BCUT2D eigenvalue weighted by molar-refractivity contribution is 5.99. The van der Waals surface area contributed by atoms with Crippen LogP contribution in [0.3, 0.4) is 0 Å². The summed E-state index contributed by atoms with van der Waals surface area (Å²) in [7, 11) is 0. The Morgan fingerprint density at radius 2 is 1.89 bits per heavy atom. The summed E-state index contributed by atoms with van der Waals surface area (Å²) in [6, 6.07) is 11.9. The first-order chi connectivity index (χ1) is 13.4. The smallest absolute Gasteiger partial charge is 0.233 e. The van der Waals surface area contributed by atoms with Gasteiger partial charge in [0.05, 0.1) is 6.54 Å². The van der Waals surface area contributed by atoms with Gasteiger partial charge in [-0.2, -0.15) is 5.10 Å². The van der Waals surface area contributed by atoms with Gasteiger partial charge in [-0.1, -0.05) is 51.1 Å². The fourth-order valence-corrected chi connectivity index (χ4v) is 2.79. The Bertz CT molecular complexity index is 1110. The Hall–Kier alpha value is -3.55. The fourth-order valence-electron chi connectivity index (χ4n) is 2.79. The molecule has 0 aliphatic rings. The second kappa shape index (κ2) is 6.88. The third kappa shape index (κ3) is 3.36. The topological polar surface area (TPSA) is 90.5 Å². The third-order valence-corrected chi connectivity index (χ3v) is 4.32. The van der Waals surface area contributed by atoms with E-state index in [0.717, 1.165) is 5.56 Å². The number of amides is 1. The maximum Gasteiger partial charge on any atom is 0.233 e. The Labute approximate surface area is 162 Å². The molecule has 1 aromatic carbocycles. The molecular weight excluding hydrogens is 354 g/mol. The number of hydrogen-bond acceptors (Lipinski definition) is 5. The number of aromatic nitrogens is 6. The summed E-state index contributed by atoms with van der Waals surface area (Å²) in [5, 5.41) is 7.19. The Morgan fingerprint density at radius 3 is 2.57 bits per heavy atom. The summed E-state index contributed by atoms with van der Waals surface area (Å²) >= 11 is 0. The number of hydrogen-bond donors (Lipinski definition) is 1. The maximum atomic E-state index is 12.5. The third-order valence-electron chi connectivity index (χ3n) is 4.32. The zero-order valence-corrected chi connectivity index (χ0v) is 16.0. The monoisotopic (exact) mass is 375 g/mol. The van der Waals surface area contributed by atoms with Gasteiger partial charge >= 0.3 is 0 Å². The number of carbonyl (C=O) groups excluding carboxylic acids is 1. The molecule has 0 saturated carbocycles. The van der Waals surface area contributed by atoms with E-state index in [-0.39, 0.29) is 5.91 Å². The van der Waals surface area contributed by atoms with Gasteiger partial charge in [-0.25, -0.2) is 19.6 Å². The van der Waals surface area contributed by atoms with Crippen LogP contribution in [0, 0.1) is 5.41 Å². The SMILES string of the molecule is CC(C)(C)C(=O)Nc1ncnc2c1nc(-n1cccn1)n2Cc1ccccc1. The number of fused-ring (bicyclic) bond motifs is 1. The van der Waals surface area contributed by atoms with E-state index in [0.29, 0.717) is 29.5 Å². The minimum absolute atomic E-state index is 0.134. The van der Waals surface area contributed by atoms with Crippen molar-refractivity contribution in [1.29, 1.82) is 0 Å². The van der Waals surface area contributed by atoms with Gasteiger partial charge in [-0.05, 0) is 11.6 Å². The van der Waals surface area contributed by atoms with Crippen LogP contribution in [0.2, 0.25) is 0 Å². The summed E-state index contributed by atoms with van der Waals surface area (Å²) in [5.41, 5.74) is 1.72. The molecule has 4 aromatic rings. The maximum absolute atomic E-state index is 12.5. The van der Waals surface area contributed by atoms with Gasteiger partial charge in [-0.3, -0.25) is 9.36 Å². The van der Waals surface area contributed by atoms with E-state index in [4.69, 9.17) is 4.98 Å². The van der Waals surface area contributed by atoms with Crippen LogP contribution in [0.25, 0.3) is 17.1 Å². The number of nitrogens with zero attached hydrogens (tertiary/aromatic N) is 6. The highest BCUT2D eigenvalue weighted by Crippen LogP contribution is 2.25.